The summed E-state index contributed by atoms with van der Waals surface area (Å²) in [6.45, 7) is 1.10. The number of amides is 1. The van der Waals surface area contributed by atoms with Crippen LogP contribution in [0.4, 0.5) is 5.69 Å². The van der Waals surface area contributed by atoms with E-state index in [2.05, 4.69) is 5.32 Å². The Morgan fingerprint density at radius 3 is 2.81 bits per heavy atom. The van der Waals surface area contributed by atoms with Crippen LogP contribution in [0.3, 0.4) is 0 Å². The molecule has 0 saturated carbocycles. The van der Waals surface area contributed by atoms with Gasteiger partial charge in [0.2, 0.25) is 0 Å². The molecular formula is C10H12N2O4. The topological polar surface area (TPSA) is 81.5 Å². The van der Waals surface area contributed by atoms with Gasteiger partial charge in [0.1, 0.15) is 5.75 Å². The largest absolute Gasteiger partial charge is 0.495 e. The highest BCUT2D eigenvalue weighted by molar-refractivity contribution is 5.93. The molecule has 16 heavy (non-hydrogen) atoms. The number of aryl methyl sites for hydroxylation is 1. The Kier molecular flexibility index (Phi) is 3.82. The van der Waals surface area contributed by atoms with Crippen molar-refractivity contribution in [1.82, 2.24) is 0 Å². The van der Waals surface area contributed by atoms with Crippen molar-refractivity contribution < 1.29 is 14.5 Å². The number of hydrogen-bond donors (Lipinski definition) is 1. The van der Waals surface area contributed by atoms with Crippen LogP contribution < -0.4 is 10.1 Å². The van der Waals surface area contributed by atoms with E-state index in [4.69, 9.17) is 4.74 Å². The lowest BCUT2D eigenvalue weighted by atomic mass is 10.2. The van der Waals surface area contributed by atoms with Crippen molar-refractivity contribution in [3.05, 3.63) is 33.9 Å². The van der Waals surface area contributed by atoms with Gasteiger partial charge < -0.3 is 10.1 Å². The molecule has 1 amide bonds. The van der Waals surface area contributed by atoms with Crippen LogP contribution in [0.25, 0.3) is 0 Å². The molecule has 0 fully saturated rings. The number of nitrogens with one attached hydrogen (secondary N) is 1. The zero-order valence-electron chi connectivity index (χ0n) is 9.02. The van der Waals surface area contributed by atoms with E-state index >= 15 is 0 Å². The molecule has 1 N–H and O–H groups in total. The fraction of sp³-hybridized carbons (Fsp3) is 0.300. The van der Waals surface area contributed by atoms with Gasteiger partial charge in [0.15, 0.2) is 0 Å². The molecule has 6 heteroatoms. The molecule has 6 nitrogen and oxygen atoms in total. The number of carbonyl (C=O) groups is 1. The highest BCUT2D eigenvalue weighted by atomic mass is 16.6. The molecule has 0 aliphatic carbocycles. The van der Waals surface area contributed by atoms with Crippen LogP contribution in [0.15, 0.2) is 18.2 Å². The van der Waals surface area contributed by atoms with Gasteiger partial charge in [-0.25, -0.2) is 0 Å². The molecule has 0 aliphatic heterocycles. The predicted molar refractivity (Wildman–Crippen MR) is 58.2 cm³/mol. The van der Waals surface area contributed by atoms with E-state index in [9.17, 15) is 14.9 Å². The van der Waals surface area contributed by atoms with Gasteiger partial charge in [0.05, 0.1) is 12.8 Å². The molecule has 0 atom stereocenters. The number of nitro groups is 1. The lowest BCUT2D eigenvalue weighted by molar-refractivity contribution is -0.467. The zero-order chi connectivity index (χ0) is 12.1. The molecular weight excluding hydrogens is 212 g/mol. The number of rotatable bonds is 4. The first-order chi connectivity index (χ1) is 7.52. The lowest BCUT2D eigenvalue weighted by Crippen LogP contribution is -2.21. The summed E-state index contributed by atoms with van der Waals surface area (Å²) in [4.78, 5) is 20.6. The highest BCUT2D eigenvalue weighted by Crippen LogP contribution is 2.24. The average Bonchev–Trinajstić information content (AvgIpc) is 2.16. The third kappa shape index (κ3) is 3.23. The van der Waals surface area contributed by atoms with Gasteiger partial charge >= 0.3 is 0 Å². The van der Waals surface area contributed by atoms with E-state index in [1.807, 2.05) is 13.0 Å². The van der Waals surface area contributed by atoms with Gasteiger partial charge in [0.25, 0.3) is 12.5 Å². The Bertz CT molecular complexity index is 417. The van der Waals surface area contributed by atoms with E-state index in [-0.39, 0.29) is 0 Å². The van der Waals surface area contributed by atoms with Gasteiger partial charge in [-0.05, 0) is 24.6 Å². The summed E-state index contributed by atoms with van der Waals surface area (Å²) in [5.41, 5.74) is 1.37. The van der Waals surface area contributed by atoms with E-state index in [0.29, 0.717) is 11.4 Å². The number of methoxy groups -OCH3 is 1. The summed E-state index contributed by atoms with van der Waals surface area (Å²) in [5, 5.41) is 12.6. The van der Waals surface area contributed by atoms with Crippen LogP contribution in [-0.4, -0.2) is 24.5 Å². The third-order valence-electron chi connectivity index (χ3n) is 1.90. The molecule has 0 radical (unpaired) electrons. The number of benzene rings is 1. The maximum Gasteiger partial charge on any atom is 0.296 e. The van der Waals surface area contributed by atoms with Crippen molar-refractivity contribution in [1.29, 1.82) is 0 Å². The third-order valence-corrected chi connectivity index (χ3v) is 1.90. The molecule has 0 aliphatic rings. The average molecular weight is 224 g/mol. The van der Waals surface area contributed by atoms with Crippen LogP contribution in [0.2, 0.25) is 0 Å². The van der Waals surface area contributed by atoms with E-state index < -0.39 is 17.4 Å². The second kappa shape index (κ2) is 5.11. The summed E-state index contributed by atoms with van der Waals surface area (Å²) in [6.07, 6.45) is 0. The second-order valence-corrected chi connectivity index (χ2v) is 3.24. The monoisotopic (exact) mass is 224 g/mol. The van der Waals surface area contributed by atoms with Crippen LogP contribution in [0.1, 0.15) is 5.56 Å². The summed E-state index contributed by atoms with van der Waals surface area (Å²) < 4.78 is 5.02. The molecule has 0 heterocycles. The number of ether oxygens (including phenoxy) is 1. The minimum atomic E-state index is -0.753. The molecule has 0 bridgehead atoms. The van der Waals surface area contributed by atoms with Crippen molar-refractivity contribution in [2.24, 2.45) is 0 Å². The van der Waals surface area contributed by atoms with Crippen molar-refractivity contribution >= 4 is 11.6 Å². The van der Waals surface area contributed by atoms with Crippen molar-refractivity contribution in [2.75, 3.05) is 19.0 Å². The maximum absolute atomic E-state index is 11.2. The van der Waals surface area contributed by atoms with E-state index in [1.54, 1.807) is 12.1 Å². The van der Waals surface area contributed by atoms with Crippen LogP contribution in [0.5, 0.6) is 5.75 Å². The van der Waals surface area contributed by atoms with Gasteiger partial charge in [-0.15, -0.1) is 0 Å². The molecule has 1 rings (SSSR count). The van der Waals surface area contributed by atoms with Gasteiger partial charge in [-0.1, -0.05) is 6.07 Å². The Morgan fingerprint density at radius 1 is 1.56 bits per heavy atom. The SMILES string of the molecule is COc1ccc(C)cc1NC(=O)C[N+](=O)[O-]. The smallest absolute Gasteiger partial charge is 0.296 e. The fourth-order valence-corrected chi connectivity index (χ4v) is 1.23. The zero-order valence-corrected chi connectivity index (χ0v) is 9.02. The Morgan fingerprint density at radius 2 is 2.25 bits per heavy atom. The second-order valence-electron chi connectivity index (χ2n) is 3.24. The maximum atomic E-state index is 11.2. The first-order valence-corrected chi connectivity index (χ1v) is 4.59. The fourth-order valence-electron chi connectivity index (χ4n) is 1.23. The molecule has 0 saturated heterocycles. The minimum Gasteiger partial charge on any atom is -0.495 e. The molecule has 0 aromatic heterocycles. The number of anilines is 1. The molecule has 0 spiro atoms. The predicted octanol–water partition coefficient (Wildman–Crippen LogP) is 1.22. The summed E-state index contributed by atoms with van der Waals surface area (Å²) >= 11 is 0. The first-order valence-electron chi connectivity index (χ1n) is 4.59. The van der Waals surface area contributed by atoms with Gasteiger partial charge in [-0.2, -0.15) is 0 Å². The Hall–Kier alpha value is -2.11. The number of nitrogens with zero attached hydrogens (tertiary/aromatic N) is 1. The van der Waals surface area contributed by atoms with Crippen molar-refractivity contribution in [2.45, 2.75) is 6.92 Å². The molecule has 0 unspecified atom stereocenters. The summed E-state index contributed by atoms with van der Waals surface area (Å²) in [6, 6.07) is 5.20. The van der Waals surface area contributed by atoms with Gasteiger partial charge in [-0.3, -0.25) is 14.9 Å². The quantitative estimate of drug-likeness (QED) is 0.615. The Balaban J connectivity index is 2.83. The van der Waals surface area contributed by atoms with Crippen molar-refractivity contribution in [3.63, 3.8) is 0 Å². The molecule has 1 aromatic rings. The lowest BCUT2D eigenvalue weighted by Gasteiger charge is -2.09. The van der Waals surface area contributed by atoms with Crippen molar-refractivity contribution in [3.8, 4) is 5.75 Å². The molecule has 86 valence electrons. The summed E-state index contributed by atoms with van der Waals surface area (Å²) in [7, 11) is 1.47. The van der Waals surface area contributed by atoms with Crippen LogP contribution >= 0.6 is 0 Å². The van der Waals surface area contributed by atoms with Gasteiger partial charge in [0, 0.05) is 4.92 Å². The minimum absolute atomic E-state index is 0.439. The summed E-state index contributed by atoms with van der Waals surface area (Å²) in [5.74, 6) is -0.198. The van der Waals surface area contributed by atoms with Crippen LogP contribution in [-0.2, 0) is 4.79 Å². The molecule has 1 aromatic carbocycles. The number of carbonyl (C=O) groups excluding carboxylic acids is 1. The standard InChI is InChI=1S/C10H12N2O4/c1-7-3-4-9(16-2)8(5-7)11-10(13)6-12(14)15/h3-5H,6H2,1-2H3,(H,11,13). The van der Waals surface area contributed by atoms with Crippen LogP contribution in [0, 0.1) is 17.0 Å². The Labute approximate surface area is 92.4 Å². The van der Waals surface area contributed by atoms with E-state index in [0.717, 1.165) is 5.56 Å². The normalized spacial score (nSPS) is 9.62. The van der Waals surface area contributed by atoms with E-state index in [1.165, 1.54) is 7.11 Å². The first kappa shape index (κ1) is 12.0. The highest BCUT2D eigenvalue weighted by Gasteiger charge is 2.12. The number of hydrogen-bond acceptors (Lipinski definition) is 4.